The summed E-state index contributed by atoms with van der Waals surface area (Å²) in [5, 5.41) is 0.584. The molecule has 0 atom stereocenters. The molecule has 0 aromatic carbocycles. The third kappa shape index (κ3) is 4.43. The highest BCUT2D eigenvalue weighted by atomic mass is 35.5. The van der Waals surface area contributed by atoms with E-state index in [1.165, 1.54) is 0 Å². The summed E-state index contributed by atoms with van der Waals surface area (Å²) in [7, 11) is 0. The fourth-order valence-corrected chi connectivity index (χ4v) is 2.01. The van der Waals surface area contributed by atoms with E-state index in [9.17, 15) is 0 Å². The number of hydrogen-bond donors (Lipinski definition) is 1. The Balaban J connectivity index is 2.95. The van der Waals surface area contributed by atoms with Gasteiger partial charge in [-0.1, -0.05) is 39.3 Å². The number of nitrogens with two attached hydrogens (primary N) is 1. The van der Waals surface area contributed by atoms with Gasteiger partial charge in [0.1, 0.15) is 0 Å². The van der Waals surface area contributed by atoms with Gasteiger partial charge in [0.05, 0.1) is 10.7 Å². The normalized spacial score (nSPS) is 11.2. The maximum absolute atomic E-state index is 5.99. The third-order valence-electron chi connectivity index (χ3n) is 2.33. The van der Waals surface area contributed by atoms with E-state index < -0.39 is 0 Å². The van der Waals surface area contributed by atoms with Crippen molar-refractivity contribution < 1.29 is 0 Å². The first kappa shape index (κ1) is 14.1. The second-order valence-electron chi connectivity index (χ2n) is 5.26. The van der Waals surface area contributed by atoms with Crippen LogP contribution in [0, 0.1) is 11.8 Å². The molecule has 0 saturated heterocycles. The summed E-state index contributed by atoms with van der Waals surface area (Å²) in [6.07, 6.45) is 1.65. The van der Waals surface area contributed by atoms with Gasteiger partial charge in [-0.2, -0.15) is 0 Å². The minimum absolute atomic E-state index is 0.575. The summed E-state index contributed by atoms with van der Waals surface area (Å²) >= 11 is 5.87. The van der Waals surface area contributed by atoms with Crippen molar-refractivity contribution in [3.8, 4) is 0 Å². The third-order valence-corrected chi connectivity index (χ3v) is 2.54. The van der Waals surface area contributed by atoms with Gasteiger partial charge in [0.15, 0.2) is 5.82 Å². The maximum atomic E-state index is 5.99. The zero-order valence-corrected chi connectivity index (χ0v) is 11.8. The van der Waals surface area contributed by atoms with Gasteiger partial charge in [-0.3, -0.25) is 0 Å². The summed E-state index contributed by atoms with van der Waals surface area (Å²) < 4.78 is 0. The van der Waals surface area contributed by atoms with E-state index in [2.05, 4.69) is 37.6 Å². The molecule has 0 aliphatic rings. The zero-order valence-electron chi connectivity index (χ0n) is 11.1. The maximum Gasteiger partial charge on any atom is 0.151 e. The monoisotopic (exact) mass is 255 g/mol. The van der Waals surface area contributed by atoms with Gasteiger partial charge in [-0.25, -0.2) is 4.98 Å². The van der Waals surface area contributed by atoms with Crippen LogP contribution in [-0.4, -0.2) is 18.1 Å². The summed E-state index contributed by atoms with van der Waals surface area (Å²) in [5.74, 6) is 1.99. The number of hydrogen-bond acceptors (Lipinski definition) is 3. The van der Waals surface area contributed by atoms with Crippen LogP contribution in [0.15, 0.2) is 12.3 Å². The lowest BCUT2D eigenvalue weighted by molar-refractivity contribution is 0.549. The molecule has 0 spiro atoms. The van der Waals surface area contributed by atoms with E-state index in [-0.39, 0.29) is 0 Å². The lowest BCUT2D eigenvalue weighted by atomic mass is 10.1. The average Bonchev–Trinajstić information content (AvgIpc) is 2.14. The molecule has 3 nitrogen and oxygen atoms in total. The molecule has 0 radical (unpaired) electrons. The Morgan fingerprint density at radius 1 is 1.24 bits per heavy atom. The molecular weight excluding hydrogens is 234 g/mol. The Labute approximate surface area is 109 Å². The molecule has 0 amide bonds. The van der Waals surface area contributed by atoms with Crippen molar-refractivity contribution in [2.24, 2.45) is 11.8 Å². The van der Waals surface area contributed by atoms with Crippen molar-refractivity contribution in [2.45, 2.75) is 27.7 Å². The number of rotatable bonds is 5. The highest BCUT2D eigenvalue weighted by Crippen LogP contribution is 2.24. The fourth-order valence-electron chi connectivity index (χ4n) is 1.84. The molecule has 17 heavy (non-hydrogen) atoms. The average molecular weight is 256 g/mol. The van der Waals surface area contributed by atoms with Crippen LogP contribution in [0.5, 0.6) is 0 Å². The molecule has 4 heteroatoms. The van der Waals surface area contributed by atoms with Gasteiger partial charge in [0.2, 0.25) is 0 Å². The van der Waals surface area contributed by atoms with Crippen LogP contribution in [-0.2, 0) is 0 Å². The first-order valence-corrected chi connectivity index (χ1v) is 6.44. The largest absolute Gasteiger partial charge is 0.396 e. The number of nitrogen functional groups attached to an aromatic ring is 1. The molecule has 1 aromatic rings. The molecule has 1 heterocycles. The molecule has 0 saturated carbocycles. The van der Waals surface area contributed by atoms with Crippen LogP contribution >= 0.6 is 11.6 Å². The van der Waals surface area contributed by atoms with E-state index in [1.54, 1.807) is 12.3 Å². The zero-order chi connectivity index (χ0) is 13.0. The summed E-state index contributed by atoms with van der Waals surface area (Å²) in [6.45, 7) is 10.7. The van der Waals surface area contributed by atoms with Crippen molar-refractivity contribution in [3.05, 3.63) is 17.3 Å². The highest BCUT2D eigenvalue weighted by Gasteiger charge is 2.14. The Hall–Kier alpha value is -0.960. The van der Waals surface area contributed by atoms with Gasteiger partial charge in [-0.05, 0) is 17.9 Å². The van der Waals surface area contributed by atoms with Gasteiger partial charge >= 0.3 is 0 Å². The van der Waals surface area contributed by atoms with Crippen molar-refractivity contribution in [3.63, 3.8) is 0 Å². The van der Waals surface area contributed by atoms with Crippen LogP contribution in [0.3, 0.4) is 0 Å². The standard InChI is InChI=1S/C13H22ClN3/c1-9(2)7-17(8-10(3)4)13-12(15)5-11(14)6-16-13/h5-6,9-10H,7-8,15H2,1-4H3. The van der Waals surface area contributed by atoms with Crippen LogP contribution in [0.2, 0.25) is 5.02 Å². The van der Waals surface area contributed by atoms with Crippen molar-refractivity contribution in [1.29, 1.82) is 0 Å². The van der Waals surface area contributed by atoms with E-state index in [1.807, 2.05) is 0 Å². The molecule has 0 aliphatic heterocycles. The smallest absolute Gasteiger partial charge is 0.151 e. The minimum Gasteiger partial charge on any atom is -0.396 e. The van der Waals surface area contributed by atoms with Crippen LogP contribution < -0.4 is 10.6 Å². The Morgan fingerprint density at radius 3 is 2.18 bits per heavy atom. The number of halogens is 1. The predicted octanol–water partition coefficient (Wildman–Crippen LogP) is 3.44. The van der Waals surface area contributed by atoms with Gasteiger partial charge in [0, 0.05) is 19.3 Å². The van der Waals surface area contributed by atoms with Crippen LogP contribution in [0.4, 0.5) is 11.5 Å². The second-order valence-corrected chi connectivity index (χ2v) is 5.70. The number of aromatic nitrogens is 1. The lowest BCUT2D eigenvalue weighted by Gasteiger charge is -2.28. The van der Waals surface area contributed by atoms with E-state index in [0.717, 1.165) is 18.9 Å². The van der Waals surface area contributed by atoms with Crippen molar-refractivity contribution >= 4 is 23.1 Å². The summed E-state index contributed by atoms with van der Waals surface area (Å²) in [4.78, 5) is 6.59. The highest BCUT2D eigenvalue weighted by molar-refractivity contribution is 6.30. The Bertz CT molecular complexity index is 354. The number of pyridine rings is 1. The number of anilines is 2. The van der Waals surface area contributed by atoms with Gasteiger partial charge in [0.25, 0.3) is 0 Å². The molecule has 0 fully saturated rings. The minimum atomic E-state index is 0.575. The van der Waals surface area contributed by atoms with E-state index in [4.69, 9.17) is 17.3 Å². The molecule has 2 N–H and O–H groups in total. The van der Waals surface area contributed by atoms with Crippen LogP contribution in [0.1, 0.15) is 27.7 Å². The lowest BCUT2D eigenvalue weighted by Crippen LogP contribution is -2.32. The topological polar surface area (TPSA) is 42.2 Å². The van der Waals surface area contributed by atoms with Crippen LogP contribution in [0.25, 0.3) is 0 Å². The van der Waals surface area contributed by atoms with Crippen molar-refractivity contribution in [1.82, 2.24) is 4.98 Å². The first-order chi connectivity index (χ1) is 7.90. The fraction of sp³-hybridized carbons (Fsp3) is 0.615. The first-order valence-electron chi connectivity index (χ1n) is 6.06. The predicted molar refractivity (Wildman–Crippen MR) is 75.5 cm³/mol. The Kier molecular flexibility index (Phi) is 5.06. The molecular formula is C13H22ClN3. The molecule has 0 aliphatic carbocycles. The molecule has 0 unspecified atom stereocenters. The summed E-state index contributed by atoms with van der Waals surface area (Å²) in [6, 6.07) is 1.76. The molecule has 96 valence electrons. The molecule has 1 rings (SSSR count). The Morgan fingerprint density at radius 2 is 1.76 bits per heavy atom. The van der Waals surface area contributed by atoms with Gasteiger partial charge < -0.3 is 10.6 Å². The summed E-state index contributed by atoms with van der Waals surface area (Å²) in [5.41, 5.74) is 6.64. The molecule has 1 aromatic heterocycles. The molecule has 0 bridgehead atoms. The van der Waals surface area contributed by atoms with Gasteiger partial charge in [-0.15, -0.1) is 0 Å². The van der Waals surface area contributed by atoms with E-state index in [0.29, 0.717) is 22.5 Å². The van der Waals surface area contributed by atoms with E-state index >= 15 is 0 Å². The number of nitrogens with zero attached hydrogens (tertiary/aromatic N) is 2. The SMILES string of the molecule is CC(C)CN(CC(C)C)c1ncc(Cl)cc1N. The quantitative estimate of drug-likeness (QED) is 0.877. The van der Waals surface area contributed by atoms with Crippen molar-refractivity contribution in [2.75, 3.05) is 23.7 Å². The second kappa shape index (κ2) is 6.10.